The van der Waals surface area contributed by atoms with Crippen LogP contribution in [0.5, 0.6) is 0 Å². The normalized spacial score (nSPS) is 10.9. The molecule has 1 radical (unpaired) electrons. The summed E-state index contributed by atoms with van der Waals surface area (Å²) in [7, 11) is 0. The Balaban J connectivity index is 2.53. The van der Waals surface area contributed by atoms with E-state index in [9.17, 15) is 0 Å². The molecule has 2 nitrogen and oxygen atoms in total. The van der Waals surface area contributed by atoms with Crippen molar-refractivity contribution in [2.45, 2.75) is 0 Å². The molecule has 0 aliphatic carbocycles. The Bertz CT molecular complexity index is 644. The maximum atomic E-state index is 7.80. The van der Waals surface area contributed by atoms with Gasteiger partial charge in [-0.05, 0) is 24.3 Å². The van der Waals surface area contributed by atoms with Crippen LogP contribution in [0, 0.1) is 0 Å². The highest BCUT2D eigenvalue weighted by atomic mass is 14.7. The van der Waals surface area contributed by atoms with Gasteiger partial charge in [-0.2, -0.15) is 0 Å². The SMILES string of the molecule is [NH]c1cccc2nc3ccccc3cc12. The quantitative estimate of drug-likeness (QED) is 0.504. The van der Waals surface area contributed by atoms with Crippen LogP contribution in [0.3, 0.4) is 0 Å². The molecule has 1 aromatic heterocycles. The molecule has 0 atom stereocenters. The average molecular weight is 193 g/mol. The van der Waals surface area contributed by atoms with Gasteiger partial charge in [0.15, 0.2) is 0 Å². The summed E-state index contributed by atoms with van der Waals surface area (Å²) >= 11 is 0. The number of para-hydroxylation sites is 1. The molecule has 0 saturated carbocycles. The third kappa shape index (κ3) is 1.22. The van der Waals surface area contributed by atoms with Crippen molar-refractivity contribution in [1.29, 1.82) is 0 Å². The second-order valence-electron chi connectivity index (χ2n) is 3.55. The van der Waals surface area contributed by atoms with E-state index in [4.69, 9.17) is 5.73 Å². The molecule has 0 spiro atoms. The first-order valence-electron chi connectivity index (χ1n) is 4.85. The summed E-state index contributed by atoms with van der Waals surface area (Å²) in [6.07, 6.45) is 0. The summed E-state index contributed by atoms with van der Waals surface area (Å²) in [5.41, 5.74) is 10.2. The number of benzene rings is 2. The second-order valence-corrected chi connectivity index (χ2v) is 3.55. The molecule has 1 heterocycles. The van der Waals surface area contributed by atoms with Crippen LogP contribution in [0.4, 0.5) is 5.69 Å². The van der Waals surface area contributed by atoms with Gasteiger partial charge in [-0.15, -0.1) is 0 Å². The Morgan fingerprint density at radius 1 is 0.867 bits per heavy atom. The largest absolute Gasteiger partial charge is 0.300 e. The zero-order valence-electron chi connectivity index (χ0n) is 8.07. The molecule has 0 fully saturated rings. The van der Waals surface area contributed by atoms with Crippen molar-refractivity contribution < 1.29 is 0 Å². The van der Waals surface area contributed by atoms with E-state index < -0.39 is 0 Å². The lowest BCUT2D eigenvalue weighted by atomic mass is 10.1. The molecule has 0 amide bonds. The van der Waals surface area contributed by atoms with E-state index in [0.717, 1.165) is 21.8 Å². The van der Waals surface area contributed by atoms with Crippen LogP contribution in [-0.4, -0.2) is 4.98 Å². The number of rotatable bonds is 0. The van der Waals surface area contributed by atoms with Gasteiger partial charge in [-0.1, -0.05) is 24.3 Å². The summed E-state index contributed by atoms with van der Waals surface area (Å²) in [6.45, 7) is 0. The van der Waals surface area contributed by atoms with Gasteiger partial charge in [0.05, 0.1) is 16.7 Å². The number of pyridine rings is 1. The van der Waals surface area contributed by atoms with E-state index in [1.165, 1.54) is 0 Å². The van der Waals surface area contributed by atoms with E-state index in [1.54, 1.807) is 6.07 Å². The van der Waals surface area contributed by atoms with Crippen LogP contribution in [0.15, 0.2) is 48.5 Å². The molecule has 3 aromatic rings. The van der Waals surface area contributed by atoms with Gasteiger partial charge in [0, 0.05) is 10.8 Å². The summed E-state index contributed by atoms with van der Waals surface area (Å²) < 4.78 is 0. The third-order valence-electron chi connectivity index (χ3n) is 2.56. The van der Waals surface area contributed by atoms with Crippen LogP contribution >= 0.6 is 0 Å². The predicted octanol–water partition coefficient (Wildman–Crippen LogP) is 3.30. The Labute approximate surface area is 87.4 Å². The van der Waals surface area contributed by atoms with Gasteiger partial charge in [0.2, 0.25) is 0 Å². The maximum absolute atomic E-state index is 7.80. The first-order valence-corrected chi connectivity index (χ1v) is 4.85. The third-order valence-corrected chi connectivity index (χ3v) is 2.56. The summed E-state index contributed by atoms with van der Waals surface area (Å²) in [4.78, 5) is 4.52. The first-order chi connectivity index (χ1) is 7.34. The Hall–Kier alpha value is -2.09. The van der Waals surface area contributed by atoms with E-state index >= 15 is 0 Å². The van der Waals surface area contributed by atoms with Crippen molar-refractivity contribution in [3.8, 4) is 0 Å². The number of nitrogens with one attached hydrogen (secondary N) is 1. The number of nitrogens with zero attached hydrogens (tertiary/aromatic N) is 1. The Kier molecular flexibility index (Phi) is 1.62. The monoisotopic (exact) mass is 193 g/mol. The Morgan fingerprint density at radius 3 is 2.60 bits per heavy atom. The maximum Gasteiger partial charge on any atom is 0.0731 e. The number of fused-ring (bicyclic) bond motifs is 2. The van der Waals surface area contributed by atoms with Crippen molar-refractivity contribution in [1.82, 2.24) is 10.7 Å². The fourth-order valence-electron chi connectivity index (χ4n) is 1.80. The van der Waals surface area contributed by atoms with Crippen LogP contribution in [0.2, 0.25) is 0 Å². The fraction of sp³-hybridized carbons (Fsp3) is 0. The molecule has 3 rings (SSSR count). The van der Waals surface area contributed by atoms with Crippen molar-refractivity contribution in [3.63, 3.8) is 0 Å². The lowest BCUT2D eigenvalue weighted by molar-refractivity contribution is 1.46. The second kappa shape index (κ2) is 2.95. The minimum absolute atomic E-state index is 0.533. The molecule has 0 unspecified atom stereocenters. The molecule has 1 N–H and O–H groups in total. The number of aromatic nitrogens is 1. The standard InChI is InChI=1S/C13H9N2/c14-11-5-3-7-13-10(11)8-9-4-1-2-6-12(9)15-13/h1-8,14H. The van der Waals surface area contributed by atoms with Crippen molar-refractivity contribution in [2.24, 2.45) is 0 Å². The predicted molar refractivity (Wildman–Crippen MR) is 62.0 cm³/mol. The summed E-state index contributed by atoms with van der Waals surface area (Å²) in [5.74, 6) is 0. The lowest BCUT2D eigenvalue weighted by Crippen LogP contribution is -1.83. The van der Waals surface area contributed by atoms with Gasteiger partial charge in [0.25, 0.3) is 0 Å². The Morgan fingerprint density at radius 2 is 1.67 bits per heavy atom. The molecule has 0 saturated heterocycles. The molecule has 71 valence electrons. The smallest absolute Gasteiger partial charge is 0.0731 e. The minimum Gasteiger partial charge on any atom is -0.300 e. The molecule has 2 heteroatoms. The lowest BCUT2D eigenvalue weighted by Gasteiger charge is -2.02. The highest BCUT2D eigenvalue weighted by Crippen LogP contribution is 2.24. The van der Waals surface area contributed by atoms with Crippen LogP contribution in [-0.2, 0) is 0 Å². The number of hydrogen-bond acceptors (Lipinski definition) is 1. The van der Waals surface area contributed by atoms with Gasteiger partial charge in [0.1, 0.15) is 0 Å². The molecular weight excluding hydrogens is 184 g/mol. The first kappa shape index (κ1) is 8.24. The topological polar surface area (TPSA) is 36.7 Å². The van der Waals surface area contributed by atoms with E-state index in [1.807, 2.05) is 42.5 Å². The van der Waals surface area contributed by atoms with Crippen LogP contribution < -0.4 is 5.73 Å². The fourth-order valence-corrected chi connectivity index (χ4v) is 1.80. The average Bonchev–Trinajstić information content (AvgIpc) is 2.27. The molecular formula is C13H9N2. The van der Waals surface area contributed by atoms with E-state index in [2.05, 4.69) is 4.98 Å². The number of hydrogen-bond donors (Lipinski definition) is 0. The van der Waals surface area contributed by atoms with E-state index in [-0.39, 0.29) is 0 Å². The van der Waals surface area contributed by atoms with Crippen LogP contribution in [0.1, 0.15) is 0 Å². The summed E-state index contributed by atoms with van der Waals surface area (Å²) in [6, 6.07) is 15.6. The van der Waals surface area contributed by atoms with Crippen LogP contribution in [0.25, 0.3) is 21.8 Å². The highest BCUT2D eigenvalue weighted by Gasteiger charge is 2.01. The zero-order valence-corrected chi connectivity index (χ0v) is 8.07. The van der Waals surface area contributed by atoms with Crippen molar-refractivity contribution in [2.75, 3.05) is 0 Å². The summed E-state index contributed by atoms with van der Waals surface area (Å²) in [5, 5.41) is 2.00. The van der Waals surface area contributed by atoms with E-state index in [0.29, 0.717) is 5.69 Å². The molecule has 2 aromatic carbocycles. The zero-order chi connectivity index (χ0) is 10.3. The molecule has 0 bridgehead atoms. The highest BCUT2D eigenvalue weighted by molar-refractivity contribution is 5.97. The molecule has 0 aliphatic heterocycles. The van der Waals surface area contributed by atoms with Gasteiger partial charge in [-0.25, -0.2) is 4.98 Å². The molecule has 0 aliphatic rings. The van der Waals surface area contributed by atoms with Crippen molar-refractivity contribution >= 4 is 27.5 Å². The van der Waals surface area contributed by atoms with Gasteiger partial charge < -0.3 is 5.73 Å². The van der Waals surface area contributed by atoms with Crippen molar-refractivity contribution in [3.05, 3.63) is 48.5 Å². The molecule has 15 heavy (non-hydrogen) atoms. The van der Waals surface area contributed by atoms with Gasteiger partial charge in [-0.3, -0.25) is 0 Å². The van der Waals surface area contributed by atoms with Gasteiger partial charge >= 0.3 is 0 Å². The minimum atomic E-state index is 0.533.